The third-order valence-corrected chi connectivity index (χ3v) is 2.88. The highest BCUT2D eigenvalue weighted by atomic mass is 35.5. The van der Waals surface area contributed by atoms with Gasteiger partial charge in [0.25, 0.3) is 0 Å². The molecule has 6 heteroatoms. The summed E-state index contributed by atoms with van der Waals surface area (Å²) in [5, 5.41) is 0.619. The van der Waals surface area contributed by atoms with Gasteiger partial charge in [0.1, 0.15) is 5.69 Å². The van der Waals surface area contributed by atoms with Crippen LogP contribution in [0, 0.1) is 0 Å². The summed E-state index contributed by atoms with van der Waals surface area (Å²) >= 11 is 5.95. The maximum Gasteiger partial charge on any atom is 0.240 e. The number of nitrogens with zero attached hydrogens (tertiary/aromatic N) is 2. The van der Waals surface area contributed by atoms with Gasteiger partial charge in [-0.3, -0.25) is 0 Å². The van der Waals surface area contributed by atoms with Gasteiger partial charge < -0.3 is 15.2 Å². The van der Waals surface area contributed by atoms with Crippen molar-refractivity contribution in [3.63, 3.8) is 0 Å². The Morgan fingerprint density at radius 2 is 2.05 bits per heavy atom. The molecule has 0 saturated heterocycles. The molecule has 100 valence electrons. The molecule has 0 fully saturated rings. The third-order valence-electron chi connectivity index (χ3n) is 2.65. The van der Waals surface area contributed by atoms with Crippen LogP contribution >= 0.6 is 11.6 Å². The van der Waals surface area contributed by atoms with E-state index in [-0.39, 0.29) is 0 Å². The van der Waals surface area contributed by atoms with Crippen LogP contribution in [0.4, 0.5) is 0 Å². The first-order valence-electron chi connectivity index (χ1n) is 5.61. The van der Waals surface area contributed by atoms with E-state index in [2.05, 4.69) is 9.97 Å². The number of nitrogens with two attached hydrogens (primary N) is 1. The molecule has 5 nitrogen and oxygen atoms in total. The first-order valence-corrected chi connectivity index (χ1v) is 5.99. The number of halogens is 1. The molecule has 19 heavy (non-hydrogen) atoms. The molecule has 1 aromatic heterocycles. The van der Waals surface area contributed by atoms with Crippen molar-refractivity contribution in [1.29, 1.82) is 0 Å². The van der Waals surface area contributed by atoms with Crippen LogP contribution in [0.1, 0.15) is 17.3 Å². The minimum atomic E-state index is -0.466. The highest BCUT2D eigenvalue weighted by Gasteiger charge is 2.18. The number of methoxy groups -OCH3 is 2. The lowest BCUT2D eigenvalue weighted by molar-refractivity contribution is 0.355. The van der Waals surface area contributed by atoms with Gasteiger partial charge in [0.2, 0.25) is 11.8 Å². The van der Waals surface area contributed by atoms with Gasteiger partial charge in [-0.25, -0.2) is 4.98 Å². The van der Waals surface area contributed by atoms with Crippen LogP contribution in [0.5, 0.6) is 11.8 Å². The van der Waals surface area contributed by atoms with Gasteiger partial charge in [0.05, 0.1) is 26.5 Å². The fraction of sp³-hybridized carbons (Fsp3) is 0.231. The smallest absolute Gasteiger partial charge is 0.240 e. The molecule has 1 aromatic carbocycles. The summed E-state index contributed by atoms with van der Waals surface area (Å²) in [5.41, 5.74) is 7.54. The lowest BCUT2D eigenvalue weighted by Gasteiger charge is -2.14. The molecule has 0 aliphatic heterocycles. The monoisotopic (exact) mass is 279 g/mol. The van der Waals surface area contributed by atoms with Gasteiger partial charge in [-0.05, 0) is 17.7 Å². The molecule has 0 aliphatic carbocycles. The van der Waals surface area contributed by atoms with E-state index in [9.17, 15) is 0 Å². The Bertz CT molecular complexity index is 578. The van der Waals surface area contributed by atoms with Gasteiger partial charge in [0, 0.05) is 5.02 Å². The molecule has 0 spiro atoms. The van der Waals surface area contributed by atoms with E-state index in [1.807, 2.05) is 12.1 Å². The minimum absolute atomic E-state index is 0.340. The van der Waals surface area contributed by atoms with Gasteiger partial charge in [0.15, 0.2) is 0 Å². The predicted molar refractivity (Wildman–Crippen MR) is 72.6 cm³/mol. The van der Waals surface area contributed by atoms with Crippen molar-refractivity contribution >= 4 is 11.6 Å². The number of hydrogen-bond acceptors (Lipinski definition) is 5. The minimum Gasteiger partial charge on any atom is -0.480 e. The highest BCUT2D eigenvalue weighted by molar-refractivity contribution is 6.30. The van der Waals surface area contributed by atoms with E-state index in [0.29, 0.717) is 22.5 Å². The summed E-state index contributed by atoms with van der Waals surface area (Å²) in [7, 11) is 3.03. The fourth-order valence-electron chi connectivity index (χ4n) is 1.69. The quantitative estimate of drug-likeness (QED) is 0.929. The standard InChI is InChI=1S/C13H14ClN3O2/c1-18-10-7-16-12(13(17-10)19-2)11(15)8-4-3-5-9(14)6-8/h3-7,11H,15H2,1-2H3. The van der Waals surface area contributed by atoms with Crippen molar-refractivity contribution in [3.05, 3.63) is 46.7 Å². The van der Waals surface area contributed by atoms with E-state index >= 15 is 0 Å². The number of aromatic nitrogens is 2. The zero-order valence-corrected chi connectivity index (χ0v) is 11.4. The van der Waals surface area contributed by atoms with Gasteiger partial charge in [-0.15, -0.1) is 0 Å². The first kappa shape index (κ1) is 13.6. The molecule has 1 atom stereocenters. The second-order valence-corrected chi connectivity index (χ2v) is 4.28. The first-order chi connectivity index (χ1) is 9.15. The molecule has 0 aliphatic rings. The van der Waals surface area contributed by atoms with Crippen molar-refractivity contribution in [2.24, 2.45) is 5.73 Å². The zero-order chi connectivity index (χ0) is 13.8. The SMILES string of the molecule is COc1cnc(C(N)c2cccc(Cl)c2)c(OC)n1. The third kappa shape index (κ3) is 2.94. The Kier molecular flexibility index (Phi) is 4.19. The van der Waals surface area contributed by atoms with E-state index in [4.69, 9.17) is 26.8 Å². The normalized spacial score (nSPS) is 12.0. The Morgan fingerprint density at radius 3 is 2.68 bits per heavy atom. The second-order valence-electron chi connectivity index (χ2n) is 3.84. The molecule has 0 saturated carbocycles. The second kappa shape index (κ2) is 5.86. The lowest BCUT2D eigenvalue weighted by Crippen LogP contribution is -2.15. The van der Waals surface area contributed by atoms with Crippen LogP contribution in [-0.4, -0.2) is 24.2 Å². The Balaban J connectivity index is 2.40. The van der Waals surface area contributed by atoms with Gasteiger partial charge in [-0.1, -0.05) is 23.7 Å². The van der Waals surface area contributed by atoms with Crippen LogP contribution in [0.25, 0.3) is 0 Å². The van der Waals surface area contributed by atoms with Crippen LogP contribution < -0.4 is 15.2 Å². The molecule has 1 unspecified atom stereocenters. The Hall–Kier alpha value is -1.85. The van der Waals surface area contributed by atoms with Crippen LogP contribution in [0.2, 0.25) is 5.02 Å². The number of benzene rings is 1. The summed E-state index contributed by atoms with van der Waals surface area (Å²) in [6.07, 6.45) is 1.50. The zero-order valence-electron chi connectivity index (χ0n) is 10.6. The van der Waals surface area contributed by atoms with Crippen molar-refractivity contribution in [2.75, 3.05) is 14.2 Å². The largest absolute Gasteiger partial charge is 0.480 e. The van der Waals surface area contributed by atoms with E-state index in [1.165, 1.54) is 20.4 Å². The van der Waals surface area contributed by atoms with Crippen LogP contribution in [0.15, 0.2) is 30.5 Å². The maximum absolute atomic E-state index is 6.17. The molecular weight excluding hydrogens is 266 g/mol. The van der Waals surface area contributed by atoms with Crippen LogP contribution in [-0.2, 0) is 0 Å². The highest BCUT2D eigenvalue weighted by Crippen LogP contribution is 2.27. The Morgan fingerprint density at radius 1 is 1.26 bits per heavy atom. The van der Waals surface area contributed by atoms with E-state index < -0.39 is 6.04 Å². The molecular formula is C13H14ClN3O2. The predicted octanol–water partition coefficient (Wildman–Crippen LogP) is 2.20. The average Bonchev–Trinajstić information content (AvgIpc) is 2.45. The molecule has 1 heterocycles. The van der Waals surface area contributed by atoms with Crippen molar-refractivity contribution < 1.29 is 9.47 Å². The van der Waals surface area contributed by atoms with E-state index in [0.717, 1.165) is 5.56 Å². The van der Waals surface area contributed by atoms with Gasteiger partial charge in [-0.2, -0.15) is 4.98 Å². The summed E-state index contributed by atoms with van der Waals surface area (Å²) in [6, 6.07) is 6.82. The summed E-state index contributed by atoms with van der Waals surface area (Å²) in [5.74, 6) is 0.714. The summed E-state index contributed by atoms with van der Waals surface area (Å²) < 4.78 is 10.2. The molecule has 2 aromatic rings. The summed E-state index contributed by atoms with van der Waals surface area (Å²) in [6.45, 7) is 0. The average molecular weight is 280 g/mol. The molecule has 2 rings (SSSR count). The molecule has 0 radical (unpaired) electrons. The number of ether oxygens (including phenoxy) is 2. The van der Waals surface area contributed by atoms with Gasteiger partial charge >= 0.3 is 0 Å². The lowest BCUT2D eigenvalue weighted by atomic mass is 10.0. The number of rotatable bonds is 4. The van der Waals surface area contributed by atoms with Crippen molar-refractivity contribution in [1.82, 2.24) is 9.97 Å². The molecule has 0 bridgehead atoms. The number of hydrogen-bond donors (Lipinski definition) is 1. The van der Waals surface area contributed by atoms with Crippen LogP contribution in [0.3, 0.4) is 0 Å². The molecule has 0 amide bonds. The van der Waals surface area contributed by atoms with E-state index in [1.54, 1.807) is 12.1 Å². The summed E-state index contributed by atoms with van der Waals surface area (Å²) in [4.78, 5) is 8.40. The molecule has 2 N–H and O–H groups in total. The van der Waals surface area contributed by atoms with Crippen molar-refractivity contribution in [2.45, 2.75) is 6.04 Å². The van der Waals surface area contributed by atoms with Crippen molar-refractivity contribution in [3.8, 4) is 11.8 Å². The maximum atomic E-state index is 6.17. The topological polar surface area (TPSA) is 70.3 Å². The Labute approximate surface area is 116 Å². The fourth-order valence-corrected chi connectivity index (χ4v) is 1.88.